The van der Waals surface area contributed by atoms with Gasteiger partial charge in [-0.1, -0.05) is 80.9 Å². The molecule has 1 heteroatoms. The summed E-state index contributed by atoms with van der Waals surface area (Å²) in [5, 5.41) is 8.86. The van der Waals surface area contributed by atoms with Gasteiger partial charge in [0.15, 0.2) is 0 Å². The molecule has 2 rings (SSSR count). The molecule has 0 saturated carbocycles. The minimum absolute atomic E-state index is 0.0509. The van der Waals surface area contributed by atoms with E-state index >= 15 is 0 Å². The van der Waals surface area contributed by atoms with E-state index in [2.05, 4.69) is 55.5 Å². The fourth-order valence-corrected chi connectivity index (χ4v) is 1.80. The zero-order valence-electron chi connectivity index (χ0n) is 11.9. The van der Waals surface area contributed by atoms with E-state index in [1.165, 1.54) is 11.1 Å². The minimum atomic E-state index is -0.0509. The summed E-state index contributed by atoms with van der Waals surface area (Å²) in [5.41, 5.74) is 2.55. The second kappa shape index (κ2) is 9.35. The van der Waals surface area contributed by atoms with Crippen LogP contribution in [0, 0.1) is 0 Å². The maximum Gasteiger partial charge on any atom is 0.0537 e. The average Bonchev–Trinajstić information content (AvgIpc) is 2.50. The van der Waals surface area contributed by atoms with Crippen LogP contribution >= 0.6 is 0 Å². The maximum absolute atomic E-state index is 8.86. The van der Waals surface area contributed by atoms with Crippen LogP contribution in [0.1, 0.15) is 33.1 Å². The van der Waals surface area contributed by atoms with Crippen molar-refractivity contribution in [2.24, 2.45) is 0 Å². The summed E-state index contributed by atoms with van der Waals surface area (Å²) in [7, 11) is 0. The van der Waals surface area contributed by atoms with Crippen molar-refractivity contribution in [1.82, 2.24) is 0 Å². The standard InChI is InChI=1S/C12H10.C6H14O/c1-3-7-11(8-4-1)12-9-5-2-6-10-12;1-3-5-6(7)4-2/h1-10H;6-7H,3-5H2,1-2H3. The molecule has 0 aromatic heterocycles. The van der Waals surface area contributed by atoms with Gasteiger partial charge in [0.25, 0.3) is 0 Å². The normalized spacial score (nSPS) is 11.3. The number of hydrogen-bond acceptors (Lipinski definition) is 1. The molecule has 0 fully saturated rings. The van der Waals surface area contributed by atoms with E-state index in [0.29, 0.717) is 0 Å². The highest BCUT2D eigenvalue weighted by molar-refractivity contribution is 5.62. The molecule has 0 aliphatic carbocycles. The Morgan fingerprint density at radius 2 is 1.21 bits per heavy atom. The lowest BCUT2D eigenvalue weighted by Gasteiger charge is -2.01. The molecule has 0 heterocycles. The van der Waals surface area contributed by atoms with E-state index in [4.69, 9.17) is 5.11 Å². The highest BCUT2D eigenvalue weighted by Gasteiger charge is 1.94. The highest BCUT2D eigenvalue weighted by Crippen LogP contribution is 2.17. The van der Waals surface area contributed by atoms with Crippen molar-refractivity contribution in [3.8, 4) is 11.1 Å². The molecular weight excluding hydrogens is 232 g/mol. The predicted octanol–water partition coefficient (Wildman–Crippen LogP) is 4.91. The first-order valence-electron chi connectivity index (χ1n) is 7.06. The van der Waals surface area contributed by atoms with Crippen molar-refractivity contribution in [3.05, 3.63) is 60.7 Å². The molecule has 102 valence electrons. The van der Waals surface area contributed by atoms with E-state index < -0.39 is 0 Å². The topological polar surface area (TPSA) is 20.2 Å². The van der Waals surface area contributed by atoms with Crippen LogP contribution in [0.3, 0.4) is 0 Å². The summed E-state index contributed by atoms with van der Waals surface area (Å²) >= 11 is 0. The van der Waals surface area contributed by atoms with E-state index in [0.717, 1.165) is 19.3 Å². The van der Waals surface area contributed by atoms with Gasteiger partial charge in [0.05, 0.1) is 6.10 Å². The Morgan fingerprint density at radius 1 is 0.789 bits per heavy atom. The van der Waals surface area contributed by atoms with Gasteiger partial charge in [-0.3, -0.25) is 0 Å². The van der Waals surface area contributed by atoms with Crippen molar-refractivity contribution in [2.45, 2.75) is 39.2 Å². The molecular formula is C18H24O. The molecule has 2 aromatic carbocycles. The zero-order chi connectivity index (χ0) is 13.9. The molecule has 1 atom stereocenters. The van der Waals surface area contributed by atoms with Crippen LogP contribution in [-0.2, 0) is 0 Å². The lowest BCUT2D eigenvalue weighted by molar-refractivity contribution is 0.159. The van der Waals surface area contributed by atoms with E-state index in [-0.39, 0.29) is 6.10 Å². The number of rotatable bonds is 4. The number of aliphatic hydroxyl groups excluding tert-OH is 1. The van der Waals surface area contributed by atoms with Gasteiger partial charge in [-0.05, 0) is 24.0 Å². The summed E-state index contributed by atoms with van der Waals surface area (Å²) in [5.74, 6) is 0. The molecule has 1 nitrogen and oxygen atoms in total. The molecule has 0 aliphatic rings. The third-order valence-corrected chi connectivity index (χ3v) is 2.97. The SMILES string of the molecule is CCCC(O)CC.c1ccc(-c2ccccc2)cc1. The average molecular weight is 256 g/mol. The summed E-state index contributed by atoms with van der Waals surface area (Å²) < 4.78 is 0. The monoisotopic (exact) mass is 256 g/mol. The van der Waals surface area contributed by atoms with Crippen molar-refractivity contribution >= 4 is 0 Å². The van der Waals surface area contributed by atoms with Gasteiger partial charge in [0.2, 0.25) is 0 Å². The van der Waals surface area contributed by atoms with Crippen LogP contribution in [0.2, 0.25) is 0 Å². The Hall–Kier alpha value is -1.60. The van der Waals surface area contributed by atoms with Crippen LogP contribution in [0.15, 0.2) is 60.7 Å². The smallest absolute Gasteiger partial charge is 0.0537 e. The predicted molar refractivity (Wildman–Crippen MR) is 83.1 cm³/mol. The molecule has 0 radical (unpaired) electrons. The van der Waals surface area contributed by atoms with Gasteiger partial charge in [0.1, 0.15) is 0 Å². The lowest BCUT2D eigenvalue weighted by Crippen LogP contribution is -2.01. The van der Waals surface area contributed by atoms with Crippen LogP contribution < -0.4 is 0 Å². The second-order valence-electron chi connectivity index (χ2n) is 4.58. The van der Waals surface area contributed by atoms with E-state index in [1.54, 1.807) is 0 Å². The van der Waals surface area contributed by atoms with Crippen LogP contribution in [0.25, 0.3) is 11.1 Å². The third kappa shape index (κ3) is 6.21. The van der Waals surface area contributed by atoms with Gasteiger partial charge in [-0.25, -0.2) is 0 Å². The van der Waals surface area contributed by atoms with Crippen LogP contribution in [-0.4, -0.2) is 11.2 Å². The molecule has 0 amide bonds. The Kier molecular flexibility index (Phi) is 7.60. The zero-order valence-corrected chi connectivity index (χ0v) is 11.9. The molecule has 0 bridgehead atoms. The van der Waals surface area contributed by atoms with Gasteiger partial charge in [0, 0.05) is 0 Å². The van der Waals surface area contributed by atoms with Crippen molar-refractivity contribution in [2.75, 3.05) is 0 Å². The second-order valence-corrected chi connectivity index (χ2v) is 4.58. The Labute approximate surface area is 116 Å². The van der Waals surface area contributed by atoms with Gasteiger partial charge in [-0.15, -0.1) is 0 Å². The first-order chi connectivity index (χ1) is 9.27. The van der Waals surface area contributed by atoms with Crippen LogP contribution in [0.5, 0.6) is 0 Å². The fourth-order valence-electron chi connectivity index (χ4n) is 1.80. The van der Waals surface area contributed by atoms with Crippen molar-refractivity contribution in [3.63, 3.8) is 0 Å². The molecule has 19 heavy (non-hydrogen) atoms. The fraction of sp³-hybridized carbons (Fsp3) is 0.333. The molecule has 0 aliphatic heterocycles. The molecule has 1 N–H and O–H groups in total. The highest BCUT2D eigenvalue weighted by atomic mass is 16.3. The quantitative estimate of drug-likeness (QED) is 0.824. The minimum Gasteiger partial charge on any atom is -0.393 e. The molecule has 0 spiro atoms. The summed E-state index contributed by atoms with van der Waals surface area (Å²) in [6.07, 6.45) is 2.89. The Bertz CT molecular complexity index is 384. The Balaban J connectivity index is 0.000000224. The van der Waals surface area contributed by atoms with Gasteiger partial charge < -0.3 is 5.11 Å². The number of hydrogen-bond donors (Lipinski definition) is 1. The van der Waals surface area contributed by atoms with Crippen molar-refractivity contribution in [1.29, 1.82) is 0 Å². The van der Waals surface area contributed by atoms with Gasteiger partial charge in [-0.2, -0.15) is 0 Å². The summed E-state index contributed by atoms with van der Waals surface area (Å²) in [4.78, 5) is 0. The van der Waals surface area contributed by atoms with Crippen LogP contribution in [0.4, 0.5) is 0 Å². The van der Waals surface area contributed by atoms with E-state index in [1.807, 2.05) is 19.1 Å². The first kappa shape index (κ1) is 15.5. The van der Waals surface area contributed by atoms with Crippen molar-refractivity contribution < 1.29 is 5.11 Å². The third-order valence-electron chi connectivity index (χ3n) is 2.97. The summed E-state index contributed by atoms with van der Waals surface area (Å²) in [6, 6.07) is 20.8. The number of benzene rings is 2. The summed E-state index contributed by atoms with van der Waals surface area (Å²) in [6.45, 7) is 4.08. The van der Waals surface area contributed by atoms with Gasteiger partial charge >= 0.3 is 0 Å². The van der Waals surface area contributed by atoms with E-state index in [9.17, 15) is 0 Å². The number of aliphatic hydroxyl groups is 1. The molecule has 2 aromatic rings. The maximum atomic E-state index is 8.86. The molecule has 1 unspecified atom stereocenters. The largest absolute Gasteiger partial charge is 0.393 e. The first-order valence-corrected chi connectivity index (χ1v) is 7.06. The lowest BCUT2D eigenvalue weighted by atomic mass is 10.1. The molecule has 0 saturated heterocycles. The Morgan fingerprint density at radius 3 is 1.47 bits per heavy atom.